The molecule has 94 valence electrons. The zero-order valence-corrected chi connectivity index (χ0v) is 11.6. The second-order valence-corrected chi connectivity index (χ2v) is 4.98. The van der Waals surface area contributed by atoms with Gasteiger partial charge in [0.2, 0.25) is 0 Å². The van der Waals surface area contributed by atoms with Crippen LogP contribution in [0.3, 0.4) is 0 Å². The Morgan fingerprint density at radius 1 is 1.28 bits per heavy atom. The summed E-state index contributed by atoms with van der Waals surface area (Å²) in [6.07, 6.45) is 0. The maximum Gasteiger partial charge on any atom is 0.139 e. The molecule has 2 rings (SSSR count). The van der Waals surface area contributed by atoms with Gasteiger partial charge in [-0.15, -0.1) is 0 Å². The van der Waals surface area contributed by atoms with Crippen LogP contribution < -0.4 is 5.32 Å². The Bertz CT molecular complexity index is 557. The number of hydrogen-bond acceptors (Lipinski definition) is 2. The molecule has 0 radical (unpaired) electrons. The van der Waals surface area contributed by atoms with Gasteiger partial charge in [0.15, 0.2) is 0 Å². The lowest BCUT2D eigenvalue weighted by Crippen LogP contribution is -2.00. The van der Waals surface area contributed by atoms with Crippen molar-refractivity contribution in [3.63, 3.8) is 0 Å². The van der Waals surface area contributed by atoms with Crippen LogP contribution in [0.5, 0.6) is 5.75 Å². The molecule has 0 unspecified atom stereocenters. The first-order valence-corrected chi connectivity index (χ1v) is 6.40. The van der Waals surface area contributed by atoms with E-state index in [0.29, 0.717) is 27.3 Å². The molecule has 18 heavy (non-hydrogen) atoms. The quantitative estimate of drug-likeness (QED) is 0.864. The zero-order valence-electron chi connectivity index (χ0n) is 9.25. The molecule has 0 heterocycles. The summed E-state index contributed by atoms with van der Waals surface area (Å²) in [7, 11) is 0. The lowest BCUT2D eigenvalue weighted by Gasteiger charge is -2.10. The second kappa shape index (κ2) is 5.59. The molecule has 0 bridgehead atoms. The predicted molar refractivity (Wildman–Crippen MR) is 74.5 cm³/mol. The summed E-state index contributed by atoms with van der Waals surface area (Å²) in [6.45, 7) is 0.326. The average molecular weight is 331 g/mol. The van der Waals surface area contributed by atoms with Crippen molar-refractivity contribution in [2.75, 3.05) is 5.32 Å². The average Bonchev–Trinajstić information content (AvgIpc) is 2.33. The van der Waals surface area contributed by atoms with Crippen molar-refractivity contribution >= 4 is 33.2 Å². The Balaban J connectivity index is 2.14. The number of anilines is 1. The predicted octanol–water partition coefficient (Wildman–Crippen LogP) is 4.56. The molecule has 0 spiro atoms. The Kier molecular flexibility index (Phi) is 4.09. The molecule has 0 aromatic heterocycles. The van der Waals surface area contributed by atoms with E-state index in [1.165, 1.54) is 6.07 Å². The number of nitrogens with one attached hydrogen (secondary N) is 1. The fourth-order valence-corrected chi connectivity index (χ4v) is 2.00. The molecule has 0 aliphatic heterocycles. The van der Waals surface area contributed by atoms with Crippen LogP contribution >= 0.6 is 27.5 Å². The van der Waals surface area contributed by atoms with E-state index in [1.807, 2.05) is 0 Å². The maximum atomic E-state index is 13.3. The number of benzene rings is 2. The molecule has 2 aromatic rings. The van der Waals surface area contributed by atoms with Gasteiger partial charge in [0.05, 0.1) is 4.47 Å². The van der Waals surface area contributed by atoms with Crippen LogP contribution in [0.25, 0.3) is 0 Å². The number of phenolic OH excluding ortho intramolecular Hbond substituents is 1. The van der Waals surface area contributed by atoms with E-state index in [-0.39, 0.29) is 11.6 Å². The van der Waals surface area contributed by atoms with Crippen molar-refractivity contribution in [1.82, 2.24) is 0 Å². The summed E-state index contributed by atoms with van der Waals surface area (Å²) in [5, 5.41) is 13.1. The normalized spacial score (nSPS) is 10.4. The Morgan fingerprint density at radius 2 is 2.06 bits per heavy atom. The van der Waals surface area contributed by atoms with E-state index in [9.17, 15) is 9.50 Å². The number of halogens is 3. The van der Waals surface area contributed by atoms with E-state index in [1.54, 1.807) is 30.3 Å². The Hall–Kier alpha value is -1.26. The highest BCUT2D eigenvalue weighted by atomic mass is 79.9. The van der Waals surface area contributed by atoms with E-state index in [4.69, 9.17) is 11.6 Å². The van der Waals surface area contributed by atoms with Crippen molar-refractivity contribution in [1.29, 1.82) is 0 Å². The van der Waals surface area contributed by atoms with Crippen LogP contribution in [-0.2, 0) is 6.54 Å². The zero-order chi connectivity index (χ0) is 13.1. The molecular formula is C13H10BrClFNO. The third kappa shape index (κ3) is 2.94. The molecule has 2 nitrogen and oxygen atoms in total. The van der Waals surface area contributed by atoms with Crippen LogP contribution in [-0.4, -0.2) is 5.11 Å². The molecule has 0 fully saturated rings. The largest absolute Gasteiger partial charge is 0.508 e. The highest BCUT2D eigenvalue weighted by molar-refractivity contribution is 9.10. The summed E-state index contributed by atoms with van der Waals surface area (Å²) in [5.74, 6) is -0.226. The van der Waals surface area contributed by atoms with Crippen molar-refractivity contribution < 1.29 is 9.50 Å². The monoisotopic (exact) mass is 329 g/mol. The molecule has 0 saturated carbocycles. The van der Waals surface area contributed by atoms with Crippen molar-refractivity contribution in [2.24, 2.45) is 0 Å². The van der Waals surface area contributed by atoms with Gasteiger partial charge in [-0.1, -0.05) is 17.7 Å². The van der Waals surface area contributed by atoms with E-state index in [2.05, 4.69) is 21.2 Å². The van der Waals surface area contributed by atoms with Gasteiger partial charge in [-0.05, 0) is 46.3 Å². The minimum atomic E-state index is -0.344. The summed E-state index contributed by atoms with van der Waals surface area (Å²) in [5.41, 5.74) is 1.21. The fourth-order valence-electron chi connectivity index (χ4n) is 1.52. The summed E-state index contributed by atoms with van der Waals surface area (Å²) in [4.78, 5) is 0. The molecule has 2 aromatic carbocycles. The summed E-state index contributed by atoms with van der Waals surface area (Å²) < 4.78 is 13.7. The fraction of sp³-hybridized carbons (Fsp3) is 0.0769. The first-order chi connectivity index (χ1) is 8.58. The van der Waals surface area contributed by atoms with Gasteiger partial charge in [0.1, 0.15) is 11.6 Å². The van der Waals surface area contributed by atoms with Gasteiger partial charge in [-0.25, -0.2) is 4.39 Å². The molecule has 0 amide bonds. The molecular weight excluding hydrogens is 321 g/mol. The van der Waals surface area contributed by atoms with Gasteiger partial charge in [-0.3, -0.25) is 0 Å². The topological polar surface area (TPSA) is 32.3 Å². The summed E-state index contributed by atoms with van der Waals surface area (Å²) >= 11 is 9.06. The van der Waals surface area contributed by atoms with E-state index < -0.39 is 0 Å². The third-order valence-corrected chi connectivity index (χ3v) is 3.48. The Labute approximate surface area is 118 Å². The highest BCUT2D eigenvalue weighted by Gasteiger charge is 2.06. The van der Waals surface area contributed by atoms with Crippen molar-refractivity contribution in [3.05, 3.63) is 57.3 Å². The molecule has 5 heteroatoms. The van der Waals surface area contributed by atoms with Gasteiger partial charge in [0, 0.05) is 22.8 Å². The maximum absolute atomic E-state index is 13.3. The highest BCUT2D eigenvalue weighted by Crippen LogP contribution is 2.26. The number of aromatic hydroxyl groups is 1. The van der Waals surface area contributed by atoms with Gasteiger partial charge < -0.3 is 10.4 Å². The van der Waals surface area contributed by atoms with Crippen molar-refractivity contribution in [3.8, 4) is 5.75 Å². The van der Waals surface area contributed by atoms with E-state index in [0.717, 1.165) is 0 Å². The van der Waals surface area contributed by atoms with Crippen LogP contribution in [0.1, 0.15) is 5.56 Å². The molecule has 0 aliphatic rings. The molecule has 0 atom stereocenters. The van der Waals surface area contributed by atoms with Gasteiger partial charge >= 0.3 is 0 Å². The lowest BCUT2D eigenvalue weighted by atomic mass is 10.2. The van der Waals surface area contributed by atoms with Gasteiger partial charge in [0.25, 0.3) is 0 Å². The second-order valence-electron chi connectivity index (χ2n) is 3.72. The number of phenols is 1. The van der Waals surface area contributed by atoms with Crippen molar-refractivity contribution in [2.45, 2.75) is 6.54 Å². The third-order valence-electron chi connectivity index (χ3n) is 2.48. The smallest absolute Gasteiger partial charge is 0.139 e. The van der Waals surface area contributed by atoms with Crippen LogP contribution in [0.2, 0.25) is 5.02 Å². The lowest BCUT2D eigenvalue weighted by molar-refractivity contribution is 0.469. The first-order valence-electron chi connectivity index (χ1n) is 5.23. The van der Waals surface area contributed by atoms with Crippen LogP contribution in [0.4, 0.5) is 10.1 Å². The molecule has 0 saturated heterocycles. The Morgan fingerprint density at radius 3 is 2.72 bits per heavy atom. The van der Waals surface area contributed by atoms with Gasteiger partial charge in [-0.2, -0.15) is 0 Å². The van der Waals surface area contributed by atoms with E-state index >= 15 is 0 Å². The molecule has 2 N–H and O–H groups in total. The first kappa shape index (κ1) is 13.2. The van der Waals surface area contributed by atoms with Crippen LogP contribution in [0.15, 0.2) is 40.9 Å². The SMILES string of the molecule is Oc1cccc(Cl)c1CNc1ccc(Br)c(F)c1. The summed E-state index contributed by atoms with van der Waals surface area (Å²) in [6, 6.07) is 9.65. The number of rotatable bonds is 3. The van der Waals surface area contributed by atoms with Crippen LogP contribution in [0, 0.1) is 5.82 Å². The minimum Gasteiger partial charge on any atom is -0.508 e. The standard InChI is InChI=1S/C13H10BrClFNO/c14-10-5-4-8(6-12(10)16)17-7-9-11(15)2-1-3-13(9)18/h1-6,17-18H,7H2. The minimum absolute atomic E-state index is 0.118. The molecule has 0 aliphatic carbocycles. The number of hydrogen-bond donors (Lipinski definition) is 2.